The molecule has 2 rings (SSSR count). The van der Waals surface area contributed by atoms with Crippen molar-refractivity contribution < 1.29 is 9.53 Å². The molecule has 0 aliphatic carbocycles. The van der Waals surface area contributed by atoms with Gasteiger partial charge in [-0.1, -0.05) is 0 Å². The summed E-state index contributed by atoms with van der Waals surface area (Å²) in [7, 11) is 1.36. The summed E-state index contributed by atoms with van der Waals surface area (Å²) < 4.78 is 6.13. The average molecular weight is 277 g/mol. The quantitative estimate of drug-likeness (QED) is 0.793. The third-order valence-corrected chi connectivity index (χ3v) is 3.01. The molecule has 0 aromatic carbocycles. The van der Waals surface area contributed by atoms with Gasteiger partial charge in [0, 0.05) is 12.1 Å². The maximum atomic E-state index is 11.3. The summed E-state index contributed by atoms with van der Waals surface area (Å²) in [5, 5.41) is 11.8. The van der Waals surface area contributed by atoms with E-state index in [-0.39, 0.29) is 23.9 Å². The van der Waals surface area contributed by atoms with Crippen LogP contribution in [0.15, 0.2) is 11.0 Å². The maximum absolute atomic E-state index is 11.3. The van der Waals surface area contributed by atoms with Crippen LogP contribution in [0.4, 0.5) is 0 Å². The van der Waals surface area contributed by atoms with Crippen molar-refractivity contribution in [3.8, 4) is 5.95 Å². The van der Waals surface area contributed by atoms with Crippen molar-refractivity contribution in [1.29, 1.82) is 0 Å². The maximum Gasteiger partial charge on any atom is 0.305 e. The zero-order valence-electron chi connectivity index (χ0n) is 11.5. The first-order valence-electron chi connectivity index (χ1n) is 6.07. The number of nitrogens with one attached hydrogen (secondary N) is 1. The number of nitrogens with zero attached hydrogens (tertiary/aromatic N) is 4. The van der Waals surface area contributed by atoms with Gasteiger partial charge in [-0.15, -0.1) is 10.2 Å². The fourth-order valence-electron chi connectivity index (χ4n) is 1.97. The van der Waals surface area contributed by atoms with Crippen LogP contribution in [0.5, 0.6) is 0 Å². The smallest absolute Gasteiger partial charge is 0.305 e. The molecular weight excluding hydrogens is 262 g/mol. The van der Waals surface area contributed by atoms with Gasteiger partial charge in [0.15, 0.2) is 0 Å². The van der Waals surface area contributed by atoms with Crippen LogP contribution in [0.2, 0.25) is 0 Å². The summed E-state index contributed by atoms with van der Waals surface area (Å²) in [6, 6.07) is 0. The molecular formula is C12H15N5O3. The van der Waals surface area contributed by atoms with Gasteiger partial charge < -0.3 is 4.74 Å². The molecule has 8 nitrogen and oxygen atoms in total. The Kier molecular flexibility index (Phi) is 3.92. The molecule has 0 saturated carbocycles. The molecule has 106 valence electrons. The SMILES string of the molecule is COC(=O)CCc1c(C)nn(-c2nncc(=O)[nH]2)c1C. The molecule has 0 atom stereocenters. The lowest BCUT2D eigenvalue weighted by Gasteiger charge is -2.03. The van der Waals surface area contributed by atoms with Crippen molar-refractivity contribution in [2.75, 3.05) is 7.11 Å². The summed E-state index contributed by atoms with van der Waals surface area (Å²) >= 11 is 0. The molecule has 0 aliphatic rings. The fourth-order valence-corrected chi connectivity index (χ4v) is 1.97. The van der Waals surface area contributed by atoms with Gasteiger partial charge in [0.25, 0.3) is 11.5 Å². The van der Waals surface area contributed by atoms with E-state index in [1.165, 1.54) is 11.8 Å². The third kappa shape index (κ3) is 2.73. The van der Waals surface area contributed by atoms with Crippen molar-refractivity contribution >= 4 is 5.97 Å². The van der Waals surface area contributed by atoms with E-state index < -0.39 is 0 Å². The molecule has 0 aliphatic heterocycles. The van der Waals surface area contributed by atoms with Gasteiger partial charge in [-0.3, -0.25) is 14.6 Å². The lowest BCUT2D eigenvalue weighted by molar-refractivity contribution is -0.140. The number of hydrogen-bond donors (Lipinski definition) is 1. The van der Waals surface area contributed by atoms with E-state index in [1.54, 1.807) is 0 Å². The Morgan fingerprint density at radius 2 is 2.20 bits per heavy atom. The number of carbonyl (C=O) groups is 1. The summed E-state index contributed by atoms with van der Waals surface area (Å²) in [6.07, 6.45) is 1.89. The van der Waals surface area contributed by atoms with E-state index in [4.69, 9.17) is 0 Å². The van der Waals surface area contributed by atoms with Crippen LogP contribution in [0.1, 0.15) is 23.4 Å². The number of carbonyl (C=O) groups excluding carboxylic acids is 1. The highest BCUT2D eigenvalue weighted by atomic mass is 16.5. The monoisotopic (exact) mass is 277 g/mol. The zero-order chi connectivity index (χ0) is 14.7. The minimum Gasteiger partial charge on any atom is -0.469 e. The van der Waals surface area contributed by atoms with E-state index in [0.29, 0.717) is 6.42 Å². The molecule has 1 N–H and O–H groups in total. The second-order valence-electron chi connectivity index (χ2n) is 4.29. The number of ether oxygens (including phenoxy) is 1. The number of hydrogen-bond acceptors (Lipinski definition) is 6. The minimum absolute atomic E-state index is 0.252. The highest BCUT2D eigenvalue weighted by Crippen LogP contribution is 2.17. The van der Waals surface area contributed by atoms with Crippen LogP contribution in [0.25, 0.3) is 5.95 Å². The lowest BCUT2D eigenvalue weighted by atomic mass is 10.1. The van der Waals surface area contributed by atoms with Crippen LogP contribution < -0.4 is 5.56 Å². The summed E-state index contributed by atoms with van der Waals surface area (Å²) in [6.45, 7) is 3.68. The molecule has 2 heterocycles. The first-order valence-corrected chi connectivity index (χ1v) is 6.07. The van der Waals surface area contributed by atoms with Gasteiger partial charge in [-0.2, -0.15) is 5.10 Å². The Balaban J connectivity index is 2.33. The zero-order valence-corrected chi connectivity index (χ0v) is 11.5. The van der Waals surface area contributed by atoms with Crippen LogP contribution in [-0.2, 0) is 16.0 Å². The van der Waals surface area contributed by atoms with Crippen molar-refractivity contribution in [3.05, 3.63) is 33.5 Å². The summed E-state index contributed by atoms with van der Waals surface area (Å²) in [4.78, 5) is 25.0. The van der Waals surface area contributed by atoms with Crippen molar-refractivity contribution in [2.24, 2.45) is 0 Å². The fraction of sp³-hybridized carbons (Fsp3) is 0.417. The summed E-state index contributed by atoms with van der Waals surface area (Å²) in [5.74, 6) is -0.0214. The third-order valence-electron chi connectivity index (χ3n) is 3.01. The van der Waals surface area contributed by atoms with Crippen LogP contribution >= 0.6 is 0 Å². The second kappa shape index (κ2) is 5.64. The number of rotatable bonds is 4. The average Bonchev–Trinajstić information content (AvgIpc) is 2.71. The molecule has 0 spiro atoms. The highest BCUT2D eigenvalue weighted by molar-refractivity contribution is 5.69. The molecule has 0 amide bonds. The minimum atomic E-state index is -0.348. The van der Waals surface area contributed by atoms with Crippen molar-refractivity contribution in [2.45, 2.75) is 26.7 Å². The number of methoxy groups -OCH3 is 1. The van der Waals surface area contributed by atoms with Crippen LogP contribution in [0.3, 0.4) is 0 Å². The Labute approximate surface area is 114 Å². The number of esters is 1. The van der Waals surface area contributed by atoms with Gasteiger partial charge in [0.2, 0.25) is 0 Å². The second-order valence-corrected chi connectivity index (χ2v) is 4.29. The molecule has 0 bridgehead atoms. The first-order chi connectivity index (χ1) is 9.52. The largest absolute Gasteiger partial charge is 0.469 e. The van der Waals surface area contributed by atoms with Crippen molar-refractivity contribution in [3.63, 3.8) is 0 Å². The molecule has 0 saturated heterocycles. The normalized spacial score (nSPS) is 10.6. The van der Waals surface area contributed by atoms with E-state index in [1.807, 2.05) is 13.8 Å². The van der Waals surface area contributed by atoms with Gasteiger partial charge in [-0.05, 0) is 25.8 Å². The molecule has 0 unspecified atom stereocenters. The van der Waals surface area contributed by atoms with E-state index >= 15 is 0 Å². The first kappa shape index (κ1) is 13.9. The topological polar surface area (TPSA) is 103 Å². The predicted octanol–water partition coefficient (Wildman–Crippen LogP) is 0.0730. The predicted molar refractivity (Wildman–Crippen MR) is 69.6 cm³/mol. The van der Waals surface area contributed by atoms with E-state index in [9.17, 15) is 9.59 Å². The molecule has 2 aromatic rings. The number of aromatic amines is 1. The standard InChI is InChI=1S/C12H15N5O3/c1-7-9(4-5-11(19)20-3)8(2)17(16-7)12-14-10(18)6-13-15-12/h6H,4-5H2,1-3H3,(H,14,15,18). The molecule has 0 fully saturated rings. The highest BCUT2D eigenvalue weighted by Gasteiger charge is 2.15. The molecule has 8 heteroatoms. The molecule has 0 radical (unpaired) electrons. The Hall–Kier alpha value is -2.51. The van der Waals surface area contributed by atoms with E-state index in [2.05, 4.69) is 25.0 Å². The van der Waals surface area contributed by atoms with Gasteiger partial charge in [0.05, 0.1) is 12.8 Å². The van der Waals surface area contributed by atoms with Gasteiger partial charge in [0.1, 0.15) is 6.20 Å². The lowest BCUT2D eigenvalue weighted by Crippen LogP contribution is -2.15. The number of H-pyrrole nitrogens is 1. The Morgan fingerprint density at radius 3 is 2.85 bits per heavy atom. The van der Waals surface area contributed by atoms with Crippen LogP contribution in [0, 0.1) is 13.8 Å². The number of aryl methyl sites for hydroxylation is 1. The van der Waals surface area contributed by atoms with Gasteiger partial charge in [-0.25, -0.2) is 4.68 Å². The molecule has 2 aromatic heterocycles. The van der Waals surface area contributed by atoms with Gasteiger partial charge >= 0.3 is 5.97 Å². The number of aromatic nitrogens is 5. The Bertz CT molecular complexity index is 689. The van der Waals surface area contributed by atoms with E-state index in [0.717, 1.165) is 23.1 Å². The summed E-state index contributed by atoms with van der Waals surface area (Å²) in [5.41, 5.74) is 2.17. The van der Waals surface area contributed by atoms with Crippen molar-refractivity contribution in [1.82, 2.24) is 25.0 Å². The van der Waals surface area contributed by atoms with Crippen LogP contribution in [-0.4, -0.2) is 38.0 Å². The molecule has 20 heavy (non-hydrogen) atoms. The Morgan fingerprint density at radius 1 is 1.45 bits per heavy atom.